The molecule has 4 heteroatoms. The lowest BCUT2D eigenvalue weighted by Gasteiger charge is -2.00. The Kier molecular flexibility index (Phi) is 3.63. The smallest absolute Gasteiger partial charge is 0.226 e. The van der Waals surface area contributed by atoms with Gasteiger partial charge in [-0.05, 0) is 5.92 Å². The van der Waals surface area contributed by atoms with Crippen LogP contribution in [0.5, 0.6) is 0 Å². The van der Waals surface area contributed by atoms with E-state index < -0.39 is 0 Å². The first kappa shape index (κ1) is 10.7. The van der Waals surface area contributed by atoms with Gasteiger partial charge in [0.2, 0.25) is 5.89 Å². The zero-order valence-corrected chi connectivity index (χ0v) is 8.82. The molecule has 1 unspecified atom stereocenters. The molecule has 0 aliphatic rings. The number of nitriles is 1. The molecule has 1 aromatic rings. The topological polar surface area (TPSA) is 62.7 Å². The number of aromatic nitrogens is 2. The van der Waals surface area contributed by atoms with Gasteiger partial charge in [0.25, 0.3) is 0 Å². The third kappa shape index (κ3) is 2.84. The molecule has 0 fully saturated rings. The van der Waals surface area contributed by atoms with E-state index in [0.717, 1.165) is 5.82 Å². The first-order valence-corrected chi connectivity index (χ1v) is 4.83. The van der Waals surface area contributed by atoms with Crippen LogP contribution in [0.25, 0.3) is 0 Å². The predicted molar refractivity (Wildman–Crippen MR) is 51.5 cm³/mol. The van der Waals surface area contributed by atoms with Crippen LogP contribution >= 0.6 is 0 Å². The van der Waals surface area contributed by atoms with E-state index >= 15 is 0 Å². The molecular weight excluding hydrogens is 178 g/mol. The van der Waals surface area contributed by atoms with E-state index in [9.17, 15) is 0 Å². The second-order valence-electron chi connectivity index (χ2n) is 3.87. The fraction of sp³-hybridized carbons (Fsp3) is 0.700. The van der Waals surface area contributed by atoms with Crippen molar-refractivity contribution in [1.82, 2.24) is 10.1 Å². The van der Waals surface area contributed by atoms with Gasteiger partial charge in [0, 0.05) is 18.8 Å². The zero-order chi connectivity index (χ0) is 10.6. The molecule has 0 saturated carbocycles. The Hall–Kier alpha value is -1.37. The molecule has 1 aromatic heterocycles. The molecule has 0 amide bonds. The van der Waals surface area contributed by atoms with E-state index in [0.29, 0.717) is 24.7 Å². The predicted octanol–water partition coefficient (Wildman–Crippen LogP) is 2.29. The summed E-state index contributed by atoms with van der Waals surface area (Å²) in [6.45, 7) is 6.04. The number of nitrogens with zero attached hydrogens (tertiary/aromatic N) is 3. The van der Waals surface area contributed by atoms with Crippen LogP contribution in [0.4, 0.5) is 0 Å². The van der Waals surface area contributed by atoms with Crippen LogP contribution in [0.15, 0.2) is 4.52 Å². The highest BCUT2D eigenvalue weighted by molar-refractivity contribution is 4.93. The summed E-state index contributed by atoms with van der Waals surface area (Å²) in [5.74, 6) is 1.94. The Morgan fingerprint density at radius 3 is 2.64 bits per heavy atom. The Morgan fingerprint density at radius 2 is 2.14 bits per heavy atom. The quantitative estimate of drug-likeness (QED) is 0.735. The Labute approximate surface area is 83.9 Å². The normalized spacial score (nSPS) is 12.8. The minimum Gasteiger partial charge on any atom is -0.339 e. The van der Waals surface area contributed by atoms with Crippen LogP contribution < -0.4 is 0 Å². The van der Waals surface area contributed by atoms with Gasteiger partial charge in [-0.2, -0.15) is 10.2 Å². The van der Waals surface area contributed by atoms with Gasteiger partial charge in [0.05, 0.1) is 6.07 Å². The minimum atomic E-state index is 0.278. The van der Waals surface area contributed by atoms with Crippen LogP contribution in [0.3, 0.4) is 0 Å². The van der Waals surface area contributed by atoms with E-state index in [1.807, 2.05) is 20.8 Å². The average Bonchev–Trinajstić information content (AvgIpc) is 2.53. The second-order valence-corrected chi connectivity index (χ2v) is 3.87. The fourth-order valence-electron chi connectivity index (χ4n) is 1.11. The third-order valence-corrected chi connectivity index (χ3v) is 1.96. The van der Waals surface area contributed by atoms with Gasteiger partial charge in [-0.3, -0.25) is 0 Å². The van der Waals surface area contributed by atoms with Gasteiger partial charge in [-0.15, -0.1) is 0 Å². The molecule has 0 bridgehead atoms. The highest BCUT2D eigenvalue weighted by Gasteiger charge is 2.12. The maximum atomic E-state index is 8.49. The van der Waals surface area contributed by atoms with Crippen molar-refractivity contribution in [3.05, 3.63) is 11.7 Å². The van der Waals surface area contributed by atoms with Crippen molar-refractivity contribution in [2.24, 2.45) is 5.92 Å². The van der Waals surface area contributed by atoms with E-state index in [-0.39, 0.29) is 5.92 Å². The lowest BCUT2D eigenvalue weighted by Crippen LogP contribution is -1.99. The number of hydrogen-bond donors (Lipinski definition) is 0. The second kappa shape index (κ2) is 4.75. The summed E-state index contributed by atoms with van der Waals surface area (Å²) in [4.78, 5) is 4.24. The van der Waals surface area contributed by atoms with Crippen molar-refractivity contribution in [2.45, 2.75) is 39.5 Å². The van der Waals surface area contributed by atoms with Crippen molar-refractivity contribution in [1.29, 1.82) is 5.26 Å². The molecule has 0 aliphatic carbocycles. The first-order chi connectivity index (χ1) is 6.63. The van der Waals surface area contributed by atoms with Crippen LogP contribution in [0, 0.1) is 17.2 Å². The van der Waals surface area contributed by atoms with Crippen LogP contribution in [0.2, 0.25) is 0 Å². The molecular formula is C10H15N3O. The summed E-state index contributed by atoms with van der Waals surface area (Å²) in [7, 11) is 0. The average molecular weight is 193 g/mol. The fourth-order valence-corrected chi connectivity index (χ4v) is 1.11. The molecule has 4 nitrogen and oxygen atoms in total. The van der Waals surface area contributed by atoms with Crippen molar-refractivity contribution in [3.8, 4) is 6.07 Å². The monoisotopic (exact) mass is 193 g/mol. The molecule has 0 aromatic carbocycles. The Morgan fingerprint density at radius 1 is 1.43 bits per heavy atom. The van der Waals surface area contributed by atoms with Crippen molar-refractivity contribution in [2.75, 3.05) is 0 Å². The highest BCUT2D eigenvalue weighted by atomic mass is 16.5. The van der Waals surface area contributed by atoms with Gasteiger partial charge in [-0.1, -0.05) is 25.9 Å². The lowest BCUT2D eigenvalue weighted by molar-refractivity contribution is 0.353. The highest BCUT2D eigenvalue weighted by Crippen LogP contribution is 2.13. The molecule has 76 valence electrons. The largest absolute Gasteiger partial charge is 0.339 e. The van der Waals surface area contributed by atoms with Crippen molar-refractivity contribution < 1.29 is 4.52 Å². The summed E-state index contributed by atoms with van der Waals surface area (Å²) in [5, 5.41) is 12.4. The molecule has 14 heavy (non-hydrogen) atoms. The van der Waals surface area contributed by atoms with Crippen molar-refractivity contribution >= 4 is 0 Å². The number of rotatable bonds is 4. The van der Waals surface area contributed by atoms with E-state index in [2.05, 4.69) is 16.2 Å². The van der Waals surface area contributed by atoms with Crippen LogP contribution in [0.1, 0.15) is 44.8 Å². The minimum absolute atomic E-state index is 0.278. The molecule has 0 N–H and O–H groups in total. The third-order valence-electron chi connectivity index (χ3n) is 1.96. The molecule has 1 heterocycles. The molecule has 0 saturated heterocycles. The summed E-state index contributed by atoms with van der Waals surface area (Å²) >= 11 is 0. The van der Waals surface area contributed by atoms with Gasteiger partial charge in [-0.25, -0.2) is 0 Å². The van der Waals surface area contributed by atoms with E-state index in [1.54, 1.807) is 0 Å². The summed E-state index contributed by atoms with van der Waals surface area (Å²) < 4.78 is 5.07. The van der Waals surface area contributed by atoms with Gasteiger partial charge in [0.15, 0.2) is 5.82 Å². The summed E-state index contributed by atoms with van der Waals surface area (Å²) in [6.07, 6.45) is 1.21. The molecule has 0 aliphatic heterocycles. The van der Waals surface area contributed by atoms with Gasteiger partial charge >= 0.3 is 0 Å². The summed E-state index contributed by atoms with van der Waals surface area (Å²) in [6, 6.07) is 2.13. The Bertz CT molecular complexity index is 324. The summed E-state index contributed by atoms with van der Waals surface area (Å²) in [5.41, 5.74) is 0. The van der Waals surface area contributed by atoms with E-state index in [4.69, 9.17) is 9.78 Å². The SMILES string of the molecule is CC(CC#N)Cc1nc(C(C)C)no1. The van der Waals surface area contributed by atoms with Gasteiger partial charge < -0.3 is 4.52 Å². The Balaban J connectivity index is 2.56. The maximum Gasteiger partial charge on any atom is 0.226 e. The molecule has 0 radical (unpaired) electrons. The lowest BCUT2D eigenvalue weighted by atomic mass is 10.1. The van der Waals surface area contributed by atoms with Crippen LogP contribution in [-0.4, -0.2) is 10.1 Å². The molecule has 1 rings (SSSR count). The standard InChI is InChI=1S/C10H15N3O/c1-7(2)10-12-9(14-13-10)6-8(3)4-5-11/h7-8H,4,6H2,1-3H3. The molecule has 0 spiro atoms. The maximum absolute atomic E-state index is 8.49. The van der Waals surface area contributed by atoms with Gasteiger partial charge in [0.1, 0.15) is 0 Å². The van der Waals surface area contributed by atoms with Crippen LogP contribution in [-0.2, 0) is 6.42 Å². The number of hydrogen-bond acceptors (Lipinski definition) is 4. The van der Waals surface area contributed by atoms with Crippen molar-refractivity contribution in [3.63, 3.8) is 0 Å². The first-order valence-electron chi connectivity index (χ1n) is 4.83. The van der Waals surface area contributed by atoms with E-state index in [1.165, 1.54) is 0 Å². The molecule has 1 atom stereocenters. The zero-order valence-electron chi connectivity index (χ0n) is 8.82.